The van der Waals surface area contributed by atoms with E-state index in [-0.39, 0.29) is 5.78 Å². The van der Waals surface area contributed by atoms with E-state index in [0.29, 0.717) is 0 Å². The van der Waals surface area contributed by atoms with Crippen LogP contribution in [0.3, 0.4) is 0 Å². The molecular formula is C23H29N3O. The fourth-order valence-electron chi connectivity index (χ4n) is 3.32. The zero-order chi connectivity index (χ0) is 19.2. The minimum atomic E-state index is 0.120. The van der Waals surface area contributed by atoms with Crippen LogP contribution in [0.1, 0.15) is 22.8 Å². The predicted molar refractivity (Wildman–Crippen MR) is 115 cm³/mol. The number of hydrogen-bond acceptors (Lipinski definition) is 4. The van der Waals surface area contributed by atoms with E-state index in [2.05, 4.69) is 77.3 Å². The smallest absolute Gasteiger partial charge is 0.159 e. The van der Waals surface area contributed by atoms with E-state index in [9.17, 15) is 4.79 Å². The Morgan fingerprint density at radius 1 is 0.963 bits per heavy atom. The van der Waals surface area contributed by atoms with Crippen molar-refractivity contribution in [1.82, 2.24) is 4.90 Å². The van der Waals surface area contributed by atoms with Crippen LogP contribution >= 0.6 is 0 Å². The summed E-state index contributed by atoms with van der Waals surface area (Å²) in [6.07, 6.45) is 4.45. The van der Waals surface area contributed by atoms with Gasteiger partial charge < -0.3 is 9.80 Å². The Bertz CT molecular complexity index is 770. The third kappa shape index (κ3) is 5.20. The Labute approximate surface area is 162 Å². The van der Waals surface area contributed by atoms with Crippen LogP contribution in [0.5, 0.6) is 0 Å². The molecule has 1 fully saturated rings. The van der Waals surface area contributed by atoms with Crippen molar-refractivity contribution in [3.05, 3.63) is 65.7 Å². The molecule has 0 spiro atoms. The van der Waals surface area contributed by atoms with E-state index in [0.717, 1.165) is 38.3 Å². The first kappa shape index (κ1) is 19.2. The maximum atomic E-state index is 11.4. The molecule has 1 saturated heterocycles. The summed E-state index contributed by atoms with van der Waals surface area (Å²) in [6, 6.07) is 16.6. The number of carbonyl (C=O) groups is 1. The summed E-state index contributed by atoms with van der Waals surface area (Å²) in [7, 11) is 4.12. The molecule has 4 nitrogen and oxygen atoms in total. The Morgan fingerprint density at radius 3 is 2.15 bits per heavy atom. The van der Waals surface area contributed by atoms with Gasteiger partial charge in [0.2, 0.25) is 0 Å². The highest BCUT2D eigenvalue weighted by Crippen LogP contribution is 2.18. The molecule has 3 rings (SSSR count). The number of nitrogens with zero attached hydrogens (tertiary/aromatic N) is 3. The normalized spacial score (nSPS) is 15.3. The molecule has 0 saturated carbocycles. The zero-order valence-corrected chi connectivity index (χ0v) is 16.6. The first-order chi connectivity index (χ1) is 13.0. The van der Waals surface area contributed by atoms with Gasteiger partial charge in [-0.25, -0.2) is 0 Å². The molecule has 142 valence electrons. The number of ketones is 1. The van der Waals surface area contributed by atoms with Gasteiger partial charge in [0.1, 0.15) is 0 Å². The van der Waals surface area contributed by atoms with E-state index in [1.54, 1.807) is 6.92 Å². The van der Waals surface area contributed by atoms with Crippen LogP contribution in [0.4, 0.5) is 11.4 Å². The van der Waals surface area contributed by atoms with E-state index < -0.39 is 0 Å². The Morgan fingerprint density at radius 2 is 1.59 bits per heavy atom. The maximum Gasteiger partial charge on any atom is 0.159 e. The van der Waals surface area contributed by atoms with Crippen LogP contribution in [0, 0.1) is 0 Å². The summed E-state index contributed by atoms with van der Waals surface area (Å²) >= 11 is 0. The molecule has 27 heavy (non-hydrogen) atoms. The molecular weight excluding hydrogens is 334 g/mol. The third-order valence-electron chi connectivity index (χ3n) is 5.09. The molecule has 2 aromatic carbocycles. The van der Waals surface area contributed by atoms with Crippen molar-refractivity contribution in [2.75, 3.05) is 56.6 Å². The van der Waals surface area contributed by atoms with Crippen LogP contribution in [-0.4, -0.2) is 57.5 Å². The second-order valence-electron chi connectivity index (χ2n) is 7.28. The lowest BCUT2D eigenvalue weighted by Crippen LogP contribution is -2.46. The third-order valence-corrected chi connectivity index (χ3v) is 5.09. The molecule has 0 amide bonds. The number of rotatable bonds is 6. The van der Waals surface area contributed by atoms with Crippen LogP contribution in [0.2, 0.25) is 0 Å². The summed E-state index contributed by atoms with van der Waals surface area (Å²) in [5.41, 5.74) is 4.45. The topological polar surface area (TPSA) is 26.8 Å². The second kappa shape index (κ2) is 8.87. The summed E-state index contributed by atoms with van der Waals surface area (Å²) in [5.74, 6) is 0.120. The van der Waals surface area contributed by atoms with Gasteiger partial charge in [-0.3, -0.25) is 9.69 Å². The number of Topliss-reactive ketones (excluding diaryl/α,β-unsaturated/α-hetero) is 1. The van der Waals surface area contributed by atoms with Crippen molar-refractivity contribution in [3.8, 4) is 0 Å². The fourth-order valence-corrected chi connectivity index (χ4v) is 3.32. The minimum absolute atomic E-state index is 0.120. The fraction of sp³-hybridized carbons (Fsp3) is 0.348. The summed E-state index contributed by atoms with van der Waals surface area (Å²) in [5, 5.41) is 0. The SMILES string of the molecule is CC(=O)c1ccc(N2CCN(CC=Cc3ccc(N(C)C)cc3)CC2)cc1. The van der Waals surface area contributed by atoms with Crippen LogP contribution in [0.15, 0.2) is 54.6 Å². The van der Waals surface area contributed by atoms with Crippen LogP contribution < -0.4 is 9.80 Å². The lowest BCUT2D eigenvalue weighted by molar-refractivity contribution is 0.101. The van der Waals surface area contributed by atoms with E-state index >= 15 is 0 Å². The van der Waals surface area contributed by atoms with Crippen molar-refractivity contribution < 1.29 is 4.79 Å². The Balaban J connectivity index is 1.47. The highest BCUT2D eigenvalue weighted by molar-refractivity contribution is 5.94. The van der Waals surface area contributed by atoms with E-state index in [4.69, 9.17) is 0 Å². The zero-order valence-electron chi connectivity index (χ0n) is 16.6. The molecule has 4 heteroatoms. The molecule has 0 atom stereocenters. The molecule has 1 aliphatic heterocycles. The van der Waals surface area contributed by atoms with E-state index in [1.807, 2.05) is 12.1 Å². The summed E-state index contributed by atoms with van der Waals surface area (Å²) < 4.78 is 0. The van der Waals surface area contributed by atoms with Crippen molar-refractivity contribution in [3.63, 3.8) is 0 Å². The van der Waals surface area contributed by atoms with Gasteiger partial charge in [-0.2, -0.15) is 0 Å². The van der Waals surface area contributed by atoms with E-state index in [1.165, 1.54) is 16.9 Å². The lowest BCUT2D eigenvalue weighted by Gasteiger charge is -2.35. The highest BCUT2D eigenvalue weighted by Gasteiger charge is 2.16. The predicted octanol–water partition coefficient (Wildman–Crippen LogP) is 3.79. The lowest BCUT2D eigenvalue weighted by atomic mass is 10.1. The number of benzene rings is 2. The largest absolute Gasteiger partial charge is 0.378 e. The first-order valence-corrected chi connectivity index (χ1v) is 9.55. The highest BCUT2D eigenvalue weighted by atomic mass is 16.1. The minimum Gasteiger partial charge on any atom is -0.378 e. The van der Waals surface area contributed by atoms with Gasteiger partial charge in [0.05, 0.1) is 0 Å². The van der Waals surface area contributed by atoms with Gasteiger partial charge in [-0.1, -0.05) is 24.3 Å². The van der Waals surface area contributed by atoms with Crippen LogP contribution in [-0.2, 0) is 0 Å². The first-order valence-electron chi connectivity index (χ1n) is 9.55. The average molecular weight is 364 g/mol. The standard InChI is InChI=1S/C23H29N3O/c1-19(27)21-8-12-23(13-9-21)26-17-15-25(16-18-26)14-4-5-20-6-10-22(11-7-20)24(2)3/h4-13H,14-18H2,1-3H3. The van der Waals surface area contributed by atoms with Crippen LogP contribution in [0.25, 0.3) is 6.08 Å². The van der Waals surface area contributed by atoms with Gasteiger partial charge in [0, 0.05) is 63.8 Å². The van der Waals surface area contributed by atoms with Crippen molar-refractivity contribution in [2.24, 2.45) is 0 Å². The van der Waals surface area contributed by atoms with Crippen molar-refractivity contribution in [1.29, 1.82) is 0 Å². The van der Waals surface area contributed by atoms with Gasteiger partial charge in [-0.05, 0) is 48.9 Å². The number of carbonyl (C=O) groups excluding carboxylic acids is 1. The molecule has 0 unspecified atom stereocenters. The average Bonchev–Trinajstić information content (AvgIpc) is 2.69. The molecule has 0 aromatic heterocycles. The van der Waals surface area contributed by atoms with Gasteiger partial charge in [0.15, 0.2) is 5.78 Å². The Kier molecular flexibility index (Phi) is 6.30. The monoisotopic (exact) mass is 363 g/mol. The Hall–Kier alpha value is -2.59. The molecule has 1 heterocycles. The van der Waals surface area contributed by atoms with Crippen molar-refractivity contribution in [2.45, 2.75) is 6.92 Å². The summed E-state index contributed by atoms with van der Waals surface area (Å²) in [4.78, 5) is 18.4. The van der Waals surface area contributed by atoms with Gasteiger partial charge in [-0.15, -0.1) is 0 Å². The van der Waals surface area contributed by atoms with Crippen molar-refractivity contribution >= 4 is 23.2 Å². The number of piperazine rings is 1. The molecule has 0 aliphatic carbocycles. The second-order valence-corrected chi connectivity index (χ2v) is 7.28. The molecule has 2 aromatic rings. The number of hydrogen-bond donors (Lipinski definition) is 0. The number of anilines is 2. The summed E-state index contributed by atoms with van der Waals surface area (Å²) in [6.45, 7) is 6.73. The maximum absolute atomic E-state index is 11.4. The quantitative estimate of drug-likeness (QED) is 0.730. The molecule has 0 radical (unpaired) electrons. The molecule has 0 bridgehead atoms. The molecule has 0 N–H and O–H groups in total. The molecule has 1 aliphatic rings. The van der Waals surface area contributed by atoms with Gasteiger partial charge >= 0.3 is 0 Å². The van der Waals surface area contributed by atoms with Gasteiger partial charge in [0.25, 0.3) is 0 Å².